The van der Waals surface area contributed by atoms with Gasteiger partial charge in [0.25, 0.3) is 5.91 Å². The lowest BCUT2D eigenvalue weighted by atomic mass is 10.1. The van der Waals surface area contributed by atoms with Gasteiger partial charge in [-0.2, -0.15) is 0 Å². The van der Waals surface area contributed by atoms with Gasteiger partial charge in [-0.25, -0.2) is 4.98 Å². The van der Waals surface area contributed by atoms with E-state index in [9.17, 15) is 9.59 Å². The van der Waals surface area contributed by atoms with Crippen LogP contribution in [-0.2, 0) is 9.53 Å². The lowest BCUT2D eigenvalue weighted by Crippen LogP contribution is -2.28. The van der Waals surface area contributed by atoms with Crippen LogP contribution in [0.2, 0.25) is 5.28 Å². The van der Waals surface area contributed by atoms with Crippen molar-refractivity contribution in [2.45, 2.75) is 19.8 Å². The van der Waals surface area contributed by atoms with E-state index >= 15 is 0 Å². The molecule has 2 aromatic rings. The van der Waals surface area contributed by atoms with E-state index in [1.807, 2.05) is 0 Å². The molecule has 0 radical (unpaired) electrons. The number of aromatic nitrogens is 2. The van der Waals surface area contributed by atoms with E-state index in [1.165, 1.54) is 0 Å². The molecule has 0 bridgehead atoms. The number of halogens is 1. The van der Waals surface area contributed by atoms with Gasteiger partial charge in [-0.05, 0) is 43.1 Å². The van der Waals surface area contributed by atoms with Gasteiger partial charge in [0.15, 0.2) is 0 Å². The van der Waals surface area contributed by atoms with E-state index in [0.29, 0.717) is 42.4 Å². The summed E-state index contributed by atoms with van der Waals surface area (Å²) in [5, 5.41) is 0.294. The zero-order chi connectivity index (χ0) is 16.1. The van der Waals surface area contributed by atoms with Crippen molar-refractivity contribution in [1.82, 2.24) is 14.9 Å². The quantitative estimate of drug-likeness (QED) is 0.829. The smallest absolute Gasteiger partial charge is 0.305 e. The van der Waals surface area contributed by atoms with Crippen molar-refractivity contribution < 1.29 is 14.3 Å². The minimum absolute atomic E-state index is 0.114. The minimum atomic E-state index is -0.239. The molecule has 6 nitrogen and oxygen atoms in total. The normalized spacial score (nSPS) is 10.7. The van der Waals surface area contributed by atoms with Crippen LogP contribution in [0.5, 0.6) is 0 Å². The maximum absolute atomic E-state index is 12.3. The number of carbonyl (C=O) groups excluding carboxylic acids is 2. The van der Waals surface area contributed by atoms with Crippen LogP contribution in [0.25, 0.3) is 11.0 Å². The molecule has 1 N–H and O–H groups in total. The van der Waals surface area contributed by atoms with Gasteiger partial charge in [0.2, 0.25) is 5.28 Å². The molecule has 0 unspecified atom stereocenters. The summed E-state index contributed by atoms with van der Waals surface area (Å²) in [6.07, 6.45) is 0.875. The number of H-pyrrole nitrogens is 1. The molecule has 0 aliphatic rings. The first-order chi connectivity index (χ1) is 10.5. The van der Waals surface area contributed by atoms with Gasteiger partial charge in [0.05, 0.1) is 17.6 Å². The summed E-state index contributed by atoms with van der Waals surface area (Å²) in [4.78, 5) is 32.2. The van der Waals surface area contributed by atoms with Crippen LogP contribution in [0, 0.1) is 0 Å². The Morgan fingerprint density at radius 3 is 2.91 bits per heavy atom. The highest BCUT2D eigenvalue weighted by Gasteiger charge is 2.13. The second-order valence-electron chi connectivity index (χ2n) is 4.89. The molecule has 1 aromatic heterocycles. The van der Waals surface area contributed by atoms with Crippen molar-refractivity contribution in [2.75, 3.05) is 20.2 Å². The summed E-state index contributed by atoms with van der Waals surface area (Å²) < 4.78 is 4.85. The maximum atomic E-state index is 12.3. The van der Waals surface area contributed by atoms with Crippen LogP contribution < -0.4 is 0 Å². The first-order valence-corrected chi connectivity index (χ1v) is 7.45. The van der Waals surface area contributed by atoms with Crippen LogP contribution in [0.1, 0.15) is 30.1 Å². The van der Waals surface area contributed by atoms with Crippen molar-refractivity contribution in [3.63, 3.8) is 0 Å². The van der Waals surface area contributed by atoms with E-state index in [1.54, 1.807) is 37.1 Å². The molecule has 7 heteroatoms. The molecule has 2 rings (SSSR count). The molecule has 1 amide bonds. The average Bonchev–Trinajstić information content (AvgIpc) is 2.85. The zero-order valence-corrected chi connectivity index (χ0v) is 13.3. The SMILES string of the molecule is CCOC(=O)CCCN(C)C(=O)c1ccc2nc(Cl)[nH]c2c1. The molecule has 0 aliphatic carbocycles. The molecule has 118 valence electrons. The first kappa shape index (κ1) is 16.3. The summed E-state index contributed by atoms with van der Waals surface area (Å²) in [5.74, 6) is -0.353. The molecule has 0 spiro atoms. The second-order valence-corrected chi connectivity index (χ2v) is 5.25. The Morgan fingerprint density at radius 2 is 2.18 bits per heavy atom. The van der Waals surface area contributed by atoms with E-state index in [2.05, 4.69) is 9.97 Å². The van der Waals surface area contributed by atoms with E-state index in [0.717, 1.165) is 5.52 Å². The summed E-state index contributed by atoms with van der Waals surface area (Å²) in [5.41, 5.74) is 1.98. The molecule has 0 aliphatic heterocycles. The third-order valence-electron chi connectivity index (χ3n) is 3.23. The largest absolute Gasteiger partial charge is 0.466 e. The fourth-order valence-electron chi connectivity index (χ4n) is 2.13. The summed E-state index contributed by atoms with van der Waals surface area (Å²) >= 11 is 5.80. The number of esters is 1. The highest BCUT2D eigenvalue weighted by Crippen LogP contribution is 2.17. The Hall–Kier alpha value is -2.08. The van der Waals surface area contributed by atoms with Crippen LogP contribution >= 0.6 is 11.6 Å². The van der Waals surface area contributed by atoms with Crippen molar-refractivity contribution in [2.24, 2.45) is 0 Å². The maximum Gasteiger partial charge on any atom is 0.305 e. The minimum Gasteiger partial charge on any atom is -0.466 e. The monoisotopic (exact) mass is 323 g/mol. The first-order valence-electron chi connectivity index (χ1n) is 7.07. The third-order valence-corrected chi connectivity index (χ3v) is 3.41. The van der Waals surface area contributed by atoms with E-state index < -0.39 is 0 Å². The molecular weight excluding hydrogens is 306 g/mol. The predicted molar refractivity (Wildman–Crippen MR) is 83.9 cm³/mol. The number of aromatic amines is 1. The number of hydrogen-bond acceptors (Lipinski definition) is 4. The fourth-order valence-corrected chi connectivity index (χ4v) is 2.32. The van der Waals surface area contributed by atoms with Gasteiger partial charge in [-0.15, -0.1) is 0 Å². The number of nitrogens with zero attached hydrogens (tertiary/aromatic N) is 2. The fraction of sp³-hybridized carbons (Fsp3) is 0.400. The van der Waals surface area contributed by atoms with Gasteiger partial charge in [0.1, 0.15) is 0 Å². The Bertz CT molecular complexity index is 684. The lowest BCUT2D eigenvalue weighted by molar-refractivity contribution is -0.143. The number of ether oxygens (including phenoxy) is 1. The third kappa shape index (κ3) is 3.98. The summed E-state index contributed by atoms with van der Waals surface area (Å²) in [6.45, 7) is 2.63. The van der Waals surface area contributed by atoms with Crippen molar-refractivity contribution in [1.29, 1.82) is 0 Å². The Kier molecular flexibility index (Phi) is 5.38. The number of rotatable bonds is 6. The molecule has 22 heavy (non-hydrogen) atoms. The van der Waals surface area contributed by atoms with E-state index in [-0.39, 0.29) is 11.9 Å². The number of nitrogens with one attached hydrogen (secondary N) is 1. The average molecular weight is 324 g/mol. The summed E-state index contributed by atoms with van der Waals surface area (Å²) in [6, 6.07) is 5.18. The molecule has 0 saturated carbocycles. The number of amides is 1. The number of imidazole rings is 1. The lowest BCUT2D eigenvalue weighted by Gasteiger charge is -2.16. The second kappa shape index (κ2) is 7.26. The standard InChI is InChI=1S/C15H18ClN3O3/c1-3-22-13(20)5-4-8-19(2)14(21)10-6-7-11-12(9-10)18-15(16)17-11/h6-7,9H,3-5,8H2,1-2H3,(H,17,18). The highest BCUT2D eigenvalue weighted by molar-refractivity contribution is 6.29. The van der Waals surface area contributed by atoms with Gasteiger partial charge in [-0.3, -0.25) is 9.59 Å². The van der Waals surface area contributed by atoms with E-state index in [4.69, 9.17) is 16.3 Å². The molecule has 0 saturated heterocycles. The molecule has 0 atom stereocenters. The van der Waals surface area contributed by atoms with Crippen molar-refractivity contribution >= 4 is 34.5 Å². The molecule has 0 fully saturated rings. The van der Waals surface area contributed by atoms with Crippen molar-refractivity contribution in [3.8, 4) is 0 Å². The molecular formula is C15H18ClN3O3. The summed E-state index contributed by atoms with van der Waals surface area (Å²) in [7, 11) is 1.71. The number of hydrogen-bond donors (Lipinski definition) is 1. The Balaban J connectivity index is 1.95. The van der Waals surface area contributed by atoms with Gasteiger partial charge in [0, 0.05) is 25.6 Å². The highest BCUT2D eigenvalue weighted by atomic mass is 35.5. The number of benzene rings is 1. The molecule has 1 heterocycles. The topological polar surface area (TPSA) is 75.3 Å². The van der Waals surface area contributed by atoms with Gasteiger partial charge in [-0.1, -0.05) is 0 Å². The Labute approximate surface area is 133 Å². The van der Waals surface area contributed by atoms with Gasteiger partial charge < -0.3 is 14.6 Å². The Morgan fingerprint density at radius 1 is 1.41 bits per heavy atom. The van der Waals surface area contributed by atoms with Crippen LogP contribution in [0.15, 0.2) is 18.2 Å². The van der Waals surface area contributed by atoms with Crippen LogP contribution in [0.4, 0.5) is 0 Å². The van der Waals surface area contributed by atoms with Crippen LogP contribution in [-0.4, -0.2) is 46.9 Å². The van der Waals surface area contributed by atoms with Crippen molar-refractivity contribution in [3.05, 3.63) is 29.0 Å². The van der Waals surface area contributed by atoms with Crippen LogP contribution in [0.3, 0.4) is 0 Å². The zero-order valence-electron chi connectivity index (χ0n) is 12.6. The predicted octanol–water partition coefficient (Wildman–Crippen LogP) is 2.63. The number of carbonyl (C=O) groups is 2. The molecule has 1 aromatic carbocycles. The van der Waals surface area contributed by atoms with Gasteiger partial charge >= 0.3 is 5.97 Å². The number of fused-ring (bicyclic) bond motifs is 1.